The zero-order valence-electron chi connectivity index (χ0n) is 8.96. The Bertz CT molecular complexity index is 178. The molecule has 0 N–H and O–H groups in total. The molecule has 0 bridgehead atoms. The van der Waals surface area contributed by atoms with Crippen molar-refractivity contribution in [3.63, 3.8) is 0 Å². The van der Waals surface area contributed by atoms with E-state index in [1.807, 2.05) is 12.2 Å². The molecular formula is C11H19BrO2. The molecule has 0 aromatic carbocycles. The molecule has 3 heteroatoms. The highest BCUT2D eigenvalue weighted by Crippen LogP contribution is 2.08. The molecule has 0 heterocycles. The van der Waals surface area contributed by atoms with Crippen LogP contribution in [0.4, 0.5) is 0 Å². The fourth-order valence-corrected chi connectivity index (χ4v) is 1.42. The number of carbonyl (C=O) groups is 1. The van der Waals surface area contributed by atoms with Crippen molar-refractivity contribution < 1.29 is 9.53 Å². The van der Waals surface area contributed by atoms with Gasteiger partial charge in [-0.3, -0.25) is 4.79 Å². The molecule has 0 spiro atoms. The fraction of sp³-hybridized carbons (Fsp3) is 0.727. The lowest BCUT2D eigenvalue weighted by molar-refractivity contribution is -0.144. The molecule has 2 nitrogen and oxygen atoms in total. The molecule has 0 saturated carbocycles. The van der Waals surface area contributed by atoms with Gasteiger partial charge in [-0.15, -0.1) is 0 Å². The van der Waals surface area contributed by atoms with E-state index in [2.05, 4.69) is 22.9 Å². The van der Waals surface area contributed by atoms with Crippen LogP contribution >= 0.6 is 15.9 Å². The van der Waals surface area contributed by atoms with Crippen molar-refractivity contribution in [2.75, 3.05) is 5.33 Å². The Morgan fingerprint density at radius 1 is 1.50 bits per heavy atom. The summed E-state index contributed by atoms with van der Waals surface area (Å²) in [5, 5.41) is 0.804. The minimum atomic E-state index is -0.203. The van der Waals surface area contributed by atoms with Gasteiger partial charge in [0.25, 0.3) is 0 Å². The quantitative estimate of drug-likeness (QED) is 0.304. The summed E-state index contributed by atoms with van der Waals surface area (Å²) in [6, 6.07) is 0. The topological polar surface area (TPSA) is 26.3 Å². The van der Waals surface area contributed by atoms with Crippen molar-refractivity contribution >= 4 is 21.9 Å². The maximum absolute atomic E-state index is 10.8. The largest absolute Gasteiger partial charge is 0.458 e. The average Bonchev–Trinajstić information content (AvgIpc) is 2.13. The first kappa shape index (κ1) is 13.7. The van der Waals surface area contributed by atoms with E-state index in [-0.39, 0.29) is 12.1 Å². The molecule has 0 saturated heterocycles. The Morgan fingerprint density at radius 3 is 2.71 bits per heavy atom. The predicted molar refractivity (Wildman–Crippen MR) is 62.6 cm³/mol. The van der Waals surface area contributed by atoms with Crippen LogP contribution in [0.5, 0.6) is 0 Å². The highest BCUT2D eigenvalue weighted by atomic mass is 79.9. The van der Waals surface area contributed by atoms with Crippen LogP contribution in [-0.2, 0) is 9.53 Å². The van der Waals surface area contributed by atoms with E-state index in [0.717, 1.165) is 18.2 Å². The van der Waals surface area contributed by atoms with Crippen molar-refractivity contribution in [1.29, 1.82) is 0 Å². The minimum absolute atomic E-state index is 0.0448. The molecule has 0 aliphatic carbocycles. The van der Waals surface area contributed by atoms with E-state index in [1.54, 1.807) is 0 Å². The van der Waals surface area contributed by atoms with Crippen molar-refractivity contribution in [1.82, 2.24) is 0 Å². The normalized spacial score (nSPS) is 13.1. The number of hydrogen-bond acceptors (Lipinski definition) is 2. The Labute approximate surface area is 94.8 Å². The van der Waals surface area contributed by atoms with Gasteiger partial charge in [0.05, 0.1) is 0 Å². The van der Waals surface area contributed by atoms with Crippen molar-refractivity contribution in [3.05, 3.63) is 12.2 Å². The summed E-state index contributed by atoms with van der Waals surface area (Å²) in [5.41, 5.74) is 0. The van der Waals surface area contributed by atoms with Crippen LogP contribution in [0.3, 0.4) is 0 Å². The van der Waals surface area contributed by atoms with Crippen molar-refractivity contribution in [3.8, 4) is 0 Å². The van der Waals surface area contributed by atoms with Crippen LogP contribution in [0.15, 0.2) is 12.2 Å². The van der Waals surface area contributed by atoms with E-state index in [1.165, 1.54) is 19.8 Å². The third-order valence-corrected chi connectivity index (χ3v) is 2.22. The number of esters is 1. The highest BCUT2D eigenvalue weighted by Gasteiger charge is 2.06. The number of alkyl halides is 1. The van der Waals surface area contributed by atoms with E-state index in [9.17, 15) is 4.79 Å². The lowest BCUT2D eigenvalue weighted by Gasteiger charge is -2.12. The smallest absolute Gasteiger partial charge is 0.303 e. The number of rotatable bonds is 7. The Hall–Kier alpha value is -0.310. The third kappa shape index (κ3) is 8.30. The van der Waals surface area contributed by atoms with Gasteiger partial charge in [0.1, 0.15) is 6.10 Å². The number of halogens is 1. The molecule has 14 heavy (non-hydrogen) atoms. The molecular weight excluding hydrogens is 244 g/mol. The first-order valence-corrected chi connectivity index (χ1v) is 6.22. The van der Waals surface area contributed by atoms with Gasteiger partial charge in [-0.05, 0) is 18.9 Å². The molecule has 0 aromatic rings. The summed E-state index contributed by atoms with van der Waals surface area (Å²) in [6.07, 6.45) is 8.30. The van der Waals surface area contributed by atoms with Crippen LogP contribution in [0.2, 0.25) is 0 Å². The first-order chi connectivity index (χ1) is 6.70. The van der Waals surface area contributed by atoms with Gasteiger partial charge in [-0.25, -0.2) is 0 Å². The second kappa shape index (κ2) is 9.25. The standard InChI is InChI=1S/C11H19BrO2/c1-3-4-5-7-11(8-6-9-12)14-10(2)13/h6,8,11H,3-5,7,9H2,1-2H3/b8-6+/t11-/m0/s1. The monoisotopic (exact) mass is 262 g/mol. The number of ether oxygens (including phenoxy) is 1. The summed E-state index contributed by atoms with van der Waals surface area (Å²) in [7, 11) is 0. The molecule has 0 aliphatic heterocycles. The van der Waals surface area contributed by atoms with Crippen LogP contribution in [0.25, 0.3) is 0 Å². The summed E-state index contributed by atoms with van der Waals surface area (Å²) >= 11 is 3.30. The van der Waals surface area contributed by atoms with Crippen LogP contribution in [-0.4, -0.2) is 17.4 Å². The fourth-order valence-electron chi connectivity index (χ4n) is 1.21. The third-order valence-electron chi connectivity index (χ3n) is 1.85. The Kier molecular flexibility index (Phi) is 9.05. The molecule has 1 atom stereocenters. The van der Waals surface area contributed by atoms with Crippen molar-refractivity contribution in [2.24, 2.45) is 0 Å². The molecule has 0 amide bonds. The second-order valence-corrected chi connectivity index (χ2v) is 3.87. The van der Waals surface area contributed by atoms with Gasteiger partial charge in [0, 0.05) is 12.3 Å². The van der Waals surface area contributed by atoms with Gasteiger partial charge in [-0.2, -0.15) is 0 Å². The van der Waals surface area contributed by atoms with Gasteiger partial charge < -0.3 is 4.74 Å². The number of carbonyl (C=O) groups excluding carboxylic acids is 1. The minimum Gasteiger partial charge on any atom is -0.458 e. The van der Waals surface area contributed by atoms with Crippen LogP contribution in [0.1, 0.15) is 39.5 Å². The molecule has 82 valence electrons. The first-order valence-electron chi connectivity index (χ1n) is 5.10. The Balaban J connectivity index is 3.84. The summed E-state index contributed by atoms with van der Waals surface area (Å²) in [6.45, 7) is 3.62. The lowest BCUT2D eigenvalue weighted by atomic mass is 10.1. The van der Waals surface area contributed by atoms with Crippen molar-refractivity contribution in [2.45, 2.75) is 45.6 Å². The SMILES string of the molecule is CCCCC[C@@H](/C=C/CBr)OC(C)=O. The Morgan fingerprint density at radius 2 is 2.21 bits per heavy atom. The zero-order valence-corrected chi connectivity index (χ0v) is 10.5. The zero-order chi connectivity index (χ0) is 10.8. The molecule has 0 unspecified atom stereocenters. The maximum Gasteiger partial charge on any atom is 0.303 e. The molecule has 0 rings (SSSR count). The predicted octanol–water partition coefficient (Wildman–Crippen LogP) is 3.45. The maximum atomic E-state index is 10.8. The highest BCUT2D eigenvalue weighted by molar-refractivity contribution is 9.09. The van der Waals surface area contributed by atoms with Gasteiger partial charge >= 0.3 is 5.97 Å². The van der Waals surface area contributed by atoms with Gasteiger partial charge in [0.15, 0.2) is 0 Å². The van der Waals surface area contributed by atoms with E-state index >= 15 is 0 Å². The van der Waals surface area contributed by atoms with E-state index < -0.39 is 0 Å². The van der Waals surface area contributed by atoms with Crippen LogP contribution in [0, 0.1) is 0 Å². The summed E-state index contributed by atoms with van der Waals surface area (Å²) in [5.74, 6) is -0.203. The lowest BCUT2D eigenvalue weighted by Crippen LogP contribution is -2.13. The van der Waals surface area contributed by atoms with Gasteiger partial charge in [-0.1, -0.05) is 41.8 Å². The number of hydrogen-bond donors (Lipinski definition) is 0. The molecule has 0 radical (unpaired) electrons. The number of allylic oxidation sites excluding steroid dienone is 1. The second-order valence-electron chi connectivity index (χ2n) is 3.23. The van der Waals surface area contributed by atoms with Gasteiger partial charge in [0.2, 0.25) is 0 Å². The van der Waals surface area contributed by atoms with E-state index in [4.69, 9.17) is 4.74 Å². The van der Waals surface area contributed by atoms with E-state index in [0.29, 0.717) is 0 Å². The number of unbranched alkanes of at least 4 members (excludes halogenated alkanes) is 2. The molecule has 0 fully saturated rings. The molecule has 0 aromatic heterocycles. The van der Waals surface area contributed by atoms with Crippen LogP contribution < -0.4 is 0 Å². The molecule has 0 aliphatic rings. The summed E-state index contributed by atoms with van der Waals surface area (Å²) in [4.78, 5) is 10.8. The average molecular weight is 263 g/mol. The summed E-state index contributed by atoms with van der Waals surface area (Å²) < 4.78 is 5.15.